The van der Waals surface area contributed by atoms with Gasteiger partial charge in [-0.2, -0.15) is 13.2 Å². The van der Waals surface area contributed by atoms with Crippen molar-refractivity contribution in [3.63, 3.8) is 0 Å². The summed E-state index contributed by atoms with van der Waals surface area (Å²) in [4.78, 5) is 34.7. The van der Waals surface area contributed by atoms with Crippen molar-refractivity contribution in [3.05, 3.63) is 74.9 Å². The molecule has 4 aromatic rings. The van der Waals surface area contributed by atoms with Crippen molar-refractivity contribution in [3.8, 4) is 17.1 Å². The molecular weight excluding hydrogens is 588 g/mol. The van der Waals surface area contributed by atoms with Gasteiger partial charge in [0.1, 0.15) is 12.2 Å². The Morgan fingerprint density at radius 1 is 1.12 bits per heavy atom. The second kappa shape index (κ2) is 11.7. The van der Waals surface area contributed by atoms with Gasteiger partial charge in [0, 0.05) is 28.7 Å². The number of aromatic nitrogens is 7. The third-order valence-corrected chi connectivity index (χ3v) is 6.49. The molecule has 0 saturated heterocycles. The molecule has 0 unspecified atom stereocenters. The van der Waals surface area contributed by atoms with Crippen LogP contribution in [0.15, 0.2) is 47.5 Å². The van der Waals surface area contributed by atoms with Gasteiger partial charge in [-0.1, -0.05) is 23.2 Å². The van der Waals surface area contributed by atoms with E-state index in [9.17, 15) is 27.9 Å². The third-order valence-electron chi connectivity index (χ3n) is 5.92. The topological polar surface area (TPSA) is 147 Å². The SMILES string of the molecule is CC(C)(N)CCC(=O)c1nc(Cn2nc(-c3ccc(Cl)cc3)n(C[C@H](O)C(F)(F)F)c2=O)nn1-c1cnccc1Cl. The molecule has 3 heterocycles. The van der Waals surface area contributed by atoms with Gasteiger partial charge in [0.25, 0.3) is 0 Å². The van der Waals surface area contributed by atoms with Crippen LogP contribution in [0, 0.1) is 0 Å². The fourth-order valence-corrected chi connectivity index (χ4v) is 4.09. The van der Waals surface area contributed by atoms with Gasteiger partial charge in [-0.15, -0.1) is 10.2 Å². The van der Waals surface area contributed by atoms with Crippen LogP contribution in [0.25, 0.3) is 17.1 Å². The Morgan fingerprint density at radius 3 is 2.41 bits per heavy atom. The molecule has 0 amide bonds. The molecular formula is C25H25Cl2F3N8O3. The largest absolute Gasteiger partial charge is 0.416 e. The Labute approximate surface area is 241 Å². The van der Waals surface area contributed by atoms with Gasteiger partial charge in [-0.25, -0.2) is 19.1 Å². The summed E-state index contributed by atoms with van der Waals surface area (Å²) in [7, 11) is 0. The van der Waals surface area contributed by atoms with Gasteiger partial charge in [0.05, 0.1) is 17.8 Å². The number of pyridine rings is 1. The van der Waals surface area contributed by atoms with Gasteiger partial charge in [-0.05, 0) is 50.6 Å². The number of aliphatic hydroxyl groups excluding tert-OH is 1. The fraction of sp³-hybridized carbons (Fsp3) is 0.360. The van der Waals surface area contributed by atoms with Crippen molar-refractivity contribution in [1.29, 1.82) is 0 Å². The average Bonchev–Trinajstić information content (AvgIpc) is 3.44. The number of benzene rings is 1. The molecule has 0 fully saturated rings. The summed E-state index contributed by atoms with van der Waals surface area (Å²) in [6.45, 7) is 2.02. The first kappa shape index (κ1) is 30.4. The summed E-state index contributed by atoms with van der Waals surface area (Å²) < 4.78 is 42.2. The van der Waals surface area contributed by atoms with Crippen LogP contribution in [0.2, 0.25) is 10.0 Å². The summed E-state index contributed by atoms with van der Waals surface area (Å²) in [6, 6.07) is 7.39. The Morgan fingerprint density at radius 2 is 1.80 bits per heavy atom. The molecule has 0 aliphatic carbocycles. The predicted octanol–water partition coefficient (Wildman–Crippen LogP) is 3.67. The van der Waals surface area contributed by atoms with E-state index in [-0.39, 0.29) is 40.2 Å². The monoisotopic (exact) mass is 612 g/mol. The molecule has 41 heavy (non-hydrogen) atoms. The number of carbonyl (C=O) groups is 1. The van der Waals surface area contributed by atoms with Crippen LogP contribution in [-0.4, -0.2) is 62.8 Å². The Kier molecular flexibility index (Phi) is 8.68. The molecule has 0 radical (unpaired) electrons. The Hall–Kier alpha value is -3.59. The second-order valence-corrected chi connectivity index (χ2v) is 10.8. The van der Waals surface area contributed by atoms with Gasteiger partial charge >= 0.3 is 11.9 Å². The Balaban J connectivity index is 1.77. The lowest BCUT2D eigenvalue weighted by Crippen LogP contribution is -2.37. The molecule has 3 N–H and O–H groups in total. The fourth-order valence-electron chi connectivity index (χ4n) is 3.77. The van der Waals surface area contributed by atoms with Crippen LogP contribution >= 0.6 is 23.2 Å². The third kappa shape index (κ3) is 7.19. The van der Waals surface area contributed by atoms with Crippen LogP contribution in [0.3, 0.4) is 0 Å². The smallest absolute Gasteiger partial charge is 0.382 e. The first-order valence-corrected chi connectivity index (χ1v) is 13.0. The van der Waals surface area contributed by atoms with Crippen LogP contribution < -0.4 is 11.4 Å². The zero-order valence-electron chi connectivity index (χ0n) is 21.8. The number of carbonyl (C=O) groups excluding carboxylic acids is 1. The quantitative estimate of drug-likeness (QED) is 0.258. The summed E-state index contributed by atoms with van der Waals surface area (Å²) in [6.07, 6.45) is -4.61. The lowest BCUT2D eigenvalue weighted by Gasteiger charge is -2.17. The number of halogens is 5. The molecule has 1 aromatic carbocycles. The molecule has 0 spiro atoms. The van der Waals surface area contributed by atoms with Crippen molar-refractivity contribution in [1.82, 2.24) is 34.1 Å². The standard InChI is InChI=1S/C25H25Cl2F3N8O3/c1-24(2,31)9-7-18(39)22-33-20(34-38(22)17-11-32-10-8-16(17)27)13-37-23(41)36(12-19(40)25(28,29)30)21(35-37)14-3-5-15(26)6-4-14/h3-6,8,10-11,19,40H,7,9,12-13,31H2,1-2H3/t19-/m0/s1. The normalized spacial score (nSPS) is 13.0. The van der Waals surface area contributed by atoms with E-state index in [1.807, 2.05) is 0 Å². The van der Waals surface area contributed by atoms with Gasteiger partial charge in [0.2, 0.25) is 0 Å². The number of ketones is 1. The molecule has 16 heteroatoms. The molecule has 4 rings (SSSR count). The number of rotatable bonds is 10. The number of nitrogens with zero attached hydrogens (tertiary/aromatic N) is 7. The lowest BCUT2D eigenvalue weighted by molar-refractivity contribution is -0.207. The maximum absolute atomic E-state index is 13.2. The van der Waals surface area contributed by atoms with Gasteiger partial charge in [0.15, 0.2) is 29.4 Å². The number of nitrogens with two attached hydrogens (primary N) is 1. The highest BCUT2D eigenvalue weighted by atomic mass is 35.5. The van der Waals surface area contributed by atoms with E-state index in [1.54, 1.807) is 13.8 Å². The molecule has 0 bridgehead atoms. The van der Waals surface area contributed by atoms with E-state index >= 15 is 0 Å². The van der Waals surface area contributed by atoms with Crippen molar-refractivity contribution in [2.75, 3.05) is 0 Å². The maximum atomic E-state index is 13.2. The van der Waals surface area contributed by atoms with E-state index in [2.05, 4.69) is 20.2 Å². The van der Waals surface area contributed by atoms with Gasteiger partial charge in [-0.3, -0.25) is 14.3 Å². The van der Waals surface area contributed by atoms with Crippen molar-refractivity contribution >= 4 is 29.0 Å². The molecule has 11 nitrogen and oxygen atoms in total. The minimum atomic E-state index is -4.98. The number of hydrogen-bond donors (Lipinski definition) is 2. The van der Waals surface area contributed by atoms with E-state index < -0.39 is 42.4 Å². The van der Waals surface area contributed by atoms with Crippen LogP contribution in [0.1, 0.15) is 43.1 Å². The molecule has 1 atom stereocenters. The van der Waals surface area contributed by atoms with E-state index in [0.29, 0.717) is 16.0 Å². The van der Waals surface area contributed by atoms with Crippen molar-refractivity contribution in [2.24, 2.45) is 5.73 Å². The molecule has 0 saturated carbocycles. The number of Topliss-reactive ketones (excluding diaryl/α,β-unsaturated/α-hetero) is 1. The van der Waals surface area contributed by atoms with Crippen LogP contribution in [0.4, 0.5) is 13.2 Å². The zero-order chi connectivity index (χ0) is 30.1. The Bertz CT molecular complexity index is 1610. The van der Waals surface area contributed by atoms with Gasteiger partial charge < -0.3 is 10.8 Å². The van der Waals surface area contributed by atoms with Crippen molar-refractivity contribution in [2.45, 2.75) is 57.6 Å². The highest BCUT2D eigenvalue weighted by Gasteiger charge is 2.39. The molecule has 0 aliphatic heterocycles. The zero-order valence-corrected chi connectivity index (χ0v) is 23.3. The summed E-state index contributed by atoms with van der Waals surface area (Å²) in [5.74, 6) is -0.704. The van der Waals surface area contributed by atoms with E-state index in [4.69, 9.17) is 28.9 Å². The second-order valence-electron chi connectivity index (χ2n) is 9.94. The number of alkyl halides is 3. The van der Waals surface area contributed by atoms with Crippen LogP contribution in [0.5, 0.6) is 0 Å². The average molecular weight is 613 g/mol. The minimum absolute atomic E-state index is 0.0319. The highest BCUT2D eigenvalue weighted by Crippen LogP contribution is 2.25. The highest BCUT2D eigenvalue weighted by molar-refractivity contribution is 6.32. The summed E-state index contributed by atoms with van der Waals surface area (Å²) >= 11 is 12.2. The first-order chi connectivity index (χ1) is 19.1. The maximum Gasteiger partial charge on any atom is 0.416 e. The van der Waals surface area contributed by atoms with Crippen LogP contribution in [-0.2, 0) is 13.1 Å². The van der Waals surface area contributed by atoms with Crippen molar-refractivity contribution < 1.29 is 23.1 Å². The molecule has 0 aliphatic rings. The molecule has 218 valence electrons. The van der Waals surface area contributed by atoms with E-state index in [0.717, 1.165) is 4.68 Å². The number of hydrogen-bond acceptors (Lipinski definition) is 8. The summed E-state index contributed by atoms with van der Waals surface area (Å²) in [5, 5.41) is 18.8. The number of aliphatic hydroxyl groups is 1. The first-order valence-electron chi connectivity index (χ1n) is 12.2. The summed E-state index contributed by atoms with van der Waals surface area (Å²) in [5.41, 5.74) is 4.95. The minimum Gasteiger partial charge on any atom is -0.382 e. The lowest BCUT2D eigenvalue weighted by atomic mass is 9.98. The predicted molar refractivity (Wildman–Crippen MR) is 144 cm³/mol. The van der Waals surface area contributed by atoms with E-state index in [1.165, 1.54) is 47.4 Å². The molecule has 3 aromatic heterocycles.